The first kappa shape index (κ1) is 27.4. The van der Waals surface area contributed by atoms with E-state index < -0.39 is 60.8 Å². The molecule has 12 heteroatoms. The largest absolute Gasteiger partial charge is 0.508 e. The van der Waals surface area contributed by atoms with E-state index in [0.29, 0.717) is 5.56 Å². The average molecular weight is 467 g/mol. The molecule has 0 unspecified atom stereocenters. The Morgan fingerprint density at radius 3 is 1.97 bits per heavy atom. The number of hydrogen-bond acceptors (Lipinski definition) is 6. The van der Waals surface area contributed by atoms with Gasteiger partial charge in [0.2, 0.25) is 11.8 Å². The van der Waals surface area contributed by atoms with Crippen molar-refractivity contribution in [3.05, 3.63) is 29.8 Å². The van der Waals surface area contributed by atoms with Gasteiger partial charge in [-0.25, -0.2) is 0 Å². The Morgan fingerprint density at radius 1 is 0.879 bits per heavy atom. The van der Waals surface area contributed by atoms with Crippen LogP contribution in [-0.4, -0.2) is 69.7 Å². The second kappa shape index (κ2) is 13.0. The van der Waals surface area contributed by atoms with Crippen molar-refractivity contribution in [1.82, 2.24) is 16.0 Å². The summed E-state index contributed by atoms with van der Waals surface area (Å²) in [6.45, 7) is 2.99. The molecule has 182 valence electrons. The first-order valence-corrected chi connectivity index (χ1v) is 10.3. The number of nitrogens with one attached hydrogen (secondary N) is 3. The molecule has 3 amide bonds. The van der Waals surface area contributed by atoms with E-state index in [-0.39, 0.29) is 24.5 Å². The molecule has 0 saturated carbocycles. The minimum atomic E-state index is -1.26. The Morgan fingerprint density at radius 2 is 1.45 bits per heavy atom. The molecule has 9 N–H and O–H groups in total. The lowest BCUT2D eigenvalue weighted by atomic mass is 10.0. The van der Waals surface area contributed by atoms with E-state index in [9.17, 15) is 29.1 Å². The zero-order valence-electron chi connectivity index (χ0n) is 18.5. The molecule has 0 bridgehead atoms. The van der Waals surface area contributed by atoms with Gasteiger partial charge >= 0.3 is 11.9 Å². The van der Waals surface area contributed by atoms with Crippen molar-refractivity contribution >= 4 is 29.7 Å². The third kappa shape index (κ3) is 10.5. The maximum atomic E-state index is 13.0. The fraction of sp³-hybridized carbons (Fsp3) is 0.476. The number of aliphatic carboxylic acids is 2. The van der Waals surface area contributed by atoms with Gasteiger partial charge in [-0.05, 0) is 30.0 Å². The summed E-state index contributed by atoms with van der Waals surface area (Å²) in [5.41, 5.74) is 4.09. The first-order valence-electron chi connectivity index (χ1n) is 10.3. The van der Waals surface area contributed by atoms with Crippen LogP contribution in [0.2, 0.25) is 0 Å². The topological polar surface area (TPSA) is 210 Å². The molecule has 0 saturated heterocycles. The van der Waals surface area contributed by atoms with Gasteiger partial charge in [0.15, 0.2) is 6.04 Å². The lowest BCUT2D eigenvalue weighted by molar-refractivity contribution is -0.403. The second-order valence-corrected chi connectivity index (χ2v) is 8.03. The molecular formula is C21H31N4O8+. The maximum Gasteiger partial charge on any atom is 0.322 e. The van der Waals surface area contributed by atoms with Crippen molar-refractivity contribution in [2.45, 2.75) is 51.2 Å². The number of carbonyl (C=O) groups excluding carboxylic acids is 3. The van der Waals surface area contributed by atoms with Crippen LogP contribution < -0.4 is 21.7 Å². The highest BCUT2D eigenvalue weighted by molar-refractivity contribution is 5.94. The quantitative estimate of drug-likeness (QED) is 0.176. The van der Waals surface area contributed by atoms with E-state index >= 15 is 0 Å². The van der Waals surface area contributed by atoms with Gasteiger partial charge in [-0.3, -0.25) is 24.0 Å². The van der Waals surface area contributed by atoms with Crippen molar-refractivity contribution in [3.63, 3.8) is 0 Å². The van der Waals surface area contributed by atoms with Gasteiger partial charge < -0.3 is 37.0 Å². The number of benzene rings is 1. The number of phenolic OH excluding ortho intramolecular Hbond substituents is 1. The Balaban J connectivity index is 3.02. The van der Waals surface area contributed by atoms with E-state index in [4.69, 9.17) is 10.2 Å². The Bertz CT molecular complexity index is 856. The van der Waals surface area contributed by atoms with Crippen LogP contribution in [-0.2, 0) is 30.4 Å². The van der Waals surface area contributed by atoms with Gasteiger partial charge in [0.25, 0.3) is 5.91 Å². The number of carboxylic acids is 2. The SMILES string of the molecule is CC(C)C[C@H](NC(=O)[C@@H]([NH3+])CC(=O)O)C(=O)N[C@@H](Cc1ccc(O)cc1)C(=O)NCC(=O)O. The highest BCUT2D eigenvalue weighted by Crippen LogP contribution is 2.12. The van der Waals surface area contributed by atoms with Crippen LogP contribution in [0.15, 0.2) is 24.3 Å². The summed E-state index contributed by atoms with van der Waals surface area (Å²) >= 11 is 0. The zero-order chi connectivity index (χ0) is 25.1. The van der Waals surface area contributed by atoms with Gasteiger partial charge in [-0.2, -0.15) is 0 Å². The molecular weight excluding hydrogens is 436 g/mol. The molecule has 0 aliphatic carbocycles. The van der Waals surface area contributed by atoms with Crippen LogP contribution in [0.4, 0.5) is 0 Å². The standard InChI is InChI=1S/C21H30N4O8/c1-11(2)7-15(24-19(31)14(22)9-17(27)28)21(33)25-16(20(32)23-10-18(29)30)8-12-3-5-13(26)6-4-12/h3-6,11,14-16,26H,7-10,22H2,1-2H3,(H,23,32)(H,24,31)(H,25,33)(H,27,28)(H,29,30)/p+1/t14-,15-,16-/m0/s1. The number of amides is 3. The number of aromatic hydroxyl groups is 1. The van der Waals surface area contributed by atoms with Gasteiger partial charge in [-0.1, -0.05) is 26.0 Å². The molecule has 3 atom stereocenters. The summed E-state index contributed by atoms with van der Waals surface area (Å²) < 4.78 is 0. The number of rotatable bonds is 13. The van der Waals surface area contributed by atoms with Crippen molar-refractivity contribution in [3.8, 4) is 5.75 Å². The predicted octanol–water partition coefficient (Wildman–Crippen LogP) is -1.76. The lowest BCUT2D eigenvalue weighted by Gasteiger charge is -2.24. The summed E-state index contributed by atoms with van der Waals surface area (Å²) in [6.07, 6.45) is -0.306. The molecule has 1 aromatic rings. The molecule has 0 aliphatic rings. The predicted molar refractivity (Wildman–Crippen MR) is 115 cm³/mol. The fourth-order valence-corrected chi connectivity index (χ4v) is 2.93. The fourth-order valence-electron chi connectivity index (χ4n) is 2.93. The molecule has 0 radical (unpaired) electrons. The zero-order valence-corrected chi connectivity index (χ0v) is 18.5. The lowest BCUT2D eigenvalue weighted by Crippen LogP contribution is -2.69. The number of carboxylic acid groups (broad SMARTS) is 2. The highest BCUT2D eigenvalue weighted by Gasteiger charge is 2.30. The van der Waals surface area contributed by atoms with Crippen molar-refractivity contribution in [1.29, 1.82) is 0 Å². The van der Waals surface area contributed by atoms with E-state index in [1.165, 1.54) is 12.1 Å². The summed E-state index contributed by atoms with van der Waals surface area (Å²) in [5, 5.41) is 34.3. The second-order valence-electron chi connectivity index (χ2n) is 8.03. The van der Waals surface area contributed by atoms with Gasteiger partial charge in [0.1, 0.15) is 30.8 Å². The van der Waals surface area contributed by atoms with Crippen LogP contribution in [0.5, 0.6) is 5.75 Å². The number of phenols is 1. The van der Waals surface area contributed by atoms with Crippen molar-refractivity contribution in [2.75, 3.05) is 6.54 Å². The summed E-state index contributed by atoms with van der Waals surface area (Å²) in [4.78, 5) is 59.5. The van der Waals surface area contributed by atoms with Crippen molar-refractivity contribution < 1.29 is 45.0 Å². The molecule has 1 rings (SSSR count). The van der Waals surface area contributed by atoms with Crippen LogP contribution >= 0.6 is 0 Å². The smallest absolute Gasteiger partial charge is 0.322 e. The molecule has 0 fully saturated rings. The van der Waals surface area contributed by atoms with Crippen molar-refractivity contribution in [2.24, 2.45) is 5.92 Å². The van der Waals surface area contributed by atoms with Gasteiger partial charge in [0.05, 0.1) is 0 Å². The number of quaternary nitrogens is 1. The molecule has 0 aromatic heterocycles. The third-order valence-electron chi connectivity index (χ3n) is 4.55. The highest BCUT2D eigenvalue weighted by atomic mass is 16.4. The van der Waals surface area contributed by atoms with Crippen LogP contribution in [0.3, 0.4) is 0 Å². The van der Waals surface area contributed by atoms with E-state index in [0.717, 1.165) is 0 Å². The maximum absolute atomic E-state index is 13.0. The Labute approximate surface area is 190 Å². The van der Waals surface area contributed by atoms with Crippen LogP contribution in [0.25, 0.3) is 0 Å². The normalized spacial score (nSPS) is 13.5. The summed E-state index contributed by atoms with van der Waals surface area (Å²) in [5.74, 6) is -4.63. The first-order chi connectivity index (χ1) is 15.4. The summed E-state index contributed by atoms with van der Waals surface area (Å²) in [7, 11) is 0. The number of carbonyl (C=O) groups is 5. The molecule has 33 heavy (non-hydrogen) atoms. The third-order valence-corrected chi connectivity index (χ3v) is 4.55. The van der Waals surface area contributed by atoms with Gasteiger partial charge in [0, 0.05) is 6.42 Å². The number of hydrogen-bond donors (Lipinski definition) is 7. The molecule has 0 aliphatic heterocycles. The average Bonchev–Trinajstić information content (AvgIpc) is 2.71. The molecule has 12 nitrogen and oxygen atoms in total. The van der Waals surface area contributed by atoms with E-state index in [1.807, 2.05) is 13.8 Å². The monoisotopic (exact) mass is 467 g/mol. The Kier molecular flexibility index (Phi) is 10.8. The molecule has 0 heterocycles. The minimum Gasteiger partial charge on any atom is -0.508 e. The van der Waals surface area contributed by atoms with E-state index in [1.54, 1.807) is 12.1 Å². The van der Waals surface area contributed by atoms with Gasteiger partial charge in [-0.15, -0.1) is 0 Å². The Hall–Kier alpha value is -3.67. The molecule has 0 spiro atoms. The van der Waals surface area contributed by atoms with Crippen LogP contribution in [0, 0.1) is 5.92 Å². The van der Waals surface area contributed by atoms with E-state index in [2.05, 4.69) is 21.7 Å². The van der Waals surface area contributed by atoms with Crippen LogP contribution in [0.1, 0.15) is 32.3 Å². The minimum absolute atomic E-state index is 0.00318. The summed E-state index contributed by atoms with van der Waals surface area (Å²) in [6, 6.07) is 2.56. The molecule has 1 aromatic carbocycles.